The van der Waals surface area contributed by atoms with Crippen LogP contribution in [0.1, 0.15) is 328 Å². The average molecular weight is 1150 g/mol. The molecule has 9 heteroatoms. The number of carbonyl (C=O) groups is 3. The number of ether oxygens (including phenoxy) is 4. The number of nitrogens with zero attached hydrogens (tertiary/aromatic N) is 1. The van der Waals surface area contributed by atoms with E-state index in [1.54, 1.807) is 0 Å². The Labute approximate surface area is 507 Å². The second-order valence-corrected chi connectivity index (χ2v) is 24.8. The number of hydrogen-bond donors (Lipinski definition) is 1. The van der Waals surface area contributed by atoms with Crippen molar-refractivity contribution in [2.75, 3.05) is 47.5 Å². The zero-order valence-corrected chi connectivity index (χ0v) is 54.7. The lowest BCUT2D eigenvalue weighted by Crippen LogP contribution is -2.40. The summed E-state index contributed by atoms with van der Waals surface area (Å²) >= 11 is 0. The predicted octanol–water partition coefficient (Wildman–Crippen LogP) is 21.5. The first kappa shape index (κ1) is 79.0. The lowest BCUT2D eigenvalue weighted by Gasteiger charge is -2.25. The fourth-order valence-corrected chi connectivity index (χ4v) is 10.2. The number of likely N-dealkylation sites (N-methyl/N-ethyl adjacent to an activating group) is 1. The summed E-state index contributed by atoms with van der Waals surface area (Å²) in [6.07, 6.45) is 80.6. The van der Waals surface area contributed by atoms with Gasteiger partial charge in [-0.05, 0) is 57.8 Å². The van der Waals surface area contributed by atoms with E-state index in [-0.39, 0.29) is 32.2 Å². The van der Waals surface area contributed by atoms with Crippen molar-refractivity contribution in [2.24, 2.45) is 0 Å². The molecule has 0 fully saturated rings. The number of unbranched alkanes of at least 4 members (excludes halogenated alkanes) is 40. The summed E-state index contributed by atoms with van der Waals surface area (Å²) in [4.78, 5) is 37.6. The predicted molar refractivity (Wildman–Crippen MR) is 350 cm³/mol. The molecule has 0 radical (unpaired) electrons. The van der Waals surface area contributed by atoms with Crippen LogP contribution in [0.2, 0.25) is 0 Å². The van der Waals surface area contributed by atoms with E-state index in [9.17, 15) is 19.5 Å². The third-order valence-corrected chi connectivity index (χ3v) is 15.5. The molecular formula is C73H134NO8+. The van der Waals surface area contributed by atoms with Crippen LogP contribution in [0.3, 0.4) is 0 Å². The van der Waals surface area contributed by atoms with Crippen LogP contribution in [0.4, 0.5) is 0 Å². The molecule has 0 saturated heterocycles. The van der Waals surface area contributed by atoms with Crippen LogP contribution in [-0.2, 0) is 33.3 Å². The minimum absolute atomic E-state index is 0.183. The van der Waals surface area contributed by atoms with E-state index in [4.69, 9.17) is 18.9 Å². The van der Waals surface area contributed by atoms with E-state index in [0.29, 0.717) is 23.9 Å². The minimum atomic E-state index is -1.51. The van der Waals surface area contributed by atoms with Gasteiger partial charge >= 0.3 is 17.9 Å². The van der Waals surface area contributed by atoms with Crippen molar-refractivity contribution < 1.29 is 42.9 Å². The Morgan fingerprint density at radius 3 is 1.04 bits per heavy atom. The summed E-state index contributed by atoms with van der Waals surface area (Å²) in [6.45, 7) is 4.81. The molecule has 0 bridgehead atoms. The first-order chi connectivity index (χ1) is 40.1. The van der Waals surface area contributed by atoms with Gasteiger partial charge in [0.25, 0.3) is 6.29 Å². The van der Waals surface area contributed by atoms with Crippen LogP contribution in [-0.4, -0.2) is 87.4 Å². The molecule has 0 aromatic rings. The topological polar surface area (TPSA) is 108 Å². The molecular weight excluding hydrogens is 1020 g/mol. The molecule has 0 aromatic heterocycles. The quantitative estimate of drug-likeness (QED) is 0.0211. The van der Waals surface area contributed by atoms with Crippen molar-refractivity contribution in [1.29, 1.82) is 0 Å². The molecule has 2 atom stereocenters. The standard InChI is InChI=1S/C73H133NO8/c1-6-8-10-12-14-16-18-20-22-24-26-28-30-32-33-34-35-36-37-38-40-41-43-45-47-49-51-53-55-57-59-61-63-70(75)80-67-69(68-81-73(72(77)78)79-66-65-74(3,4)5)82-71(76)64-62-60-58-56-54-52-50-48-46-44-42-39-31-29-27-25-23-21-19-17-15-13-11-9-7-2/h9,11,15,17,21,23,27,29,39,42,69,73H,6-8,10,12-14,16,18-20,22,24-26,28,30-38,40-41,43-68H2,1-5H3/p+1/b11-9-,17-15-,23-21-,29-27-,42-39-. The summed E-state index contributed by atoms with van der Waals surface area (Å²) in [5, 5.41) is 9.74. The van der Waals surface area contributed by atoms with Gasteiger partial charge in [-0.3, -0.25) is 9.59 Å². The number of carbonyl (C=O) groups excluding carboxylic acids is 2. The molecule has 9 nitrogen and oxygen atoms in total. The highest BCUT2D eigenvalue weighted by Gasteiger charge is 2.25. The molecule has 2 unspecified atom stereocenters. The monoisotopic (exact) mass is 1150 g/mol. The highest BCUT2D eigenvalue weighted by atomic mass is 16.7. The fraction of sp³-hybridized carbons (Fsp3) is 0.822. The maximum absolute atomic E-state index is 12.9. The fourth-order valence-electron chi connectivity index (χ4n) is 10.2. The molecule has 0 amide bonds. The number of esters is 2. The molecule has 1 N–H and O–H groups in total. The van der Waals surface area contributed by atoms with E-state index in [1.807, 2.05) is 21.1 Å². The number of allylic oxidation sites excluding steroid dienone is 10. The van der Waals surface area contributed by atoms with Gasteiger partial charge in [0.05, 0.1) is 34.4 Å². The summed E-state index contributed by atoms with van der Waals surface area (Å²) in [6, 6.07) is 0. The van der Waals surface area contributed by atoms with Gasteiger partial charge in [-0.15, -0.1) is 0 Å². The van der Waals surface area contributed by atoms with E-state index in [0.717, 1.165) is 77.0 Å². The van der Waals surface area contributed by atoms with Crippen LogP contribution in [0.25, 0.3) is 0 Å². The maximum atomic E-state index is 12.9. The van der Waals surface area contributed by atoms with E-state index < -0.39 is 24.3 Å². The van der Waals surface area contributed by atoms with Crippen molar-refractivity contribution in [1.82, 2.24) is 0 Å². The molecule has 0 aliphatic heterocycles. The number of rotatable bonds is 65. The summed E-state index contributed by atoms with van der Waals surface area (Å²) in [5.74, 6) is -2.00. The van der Waals surface area contributed by atoms with Crippen LogP contribution in [0.5, 0.6) is 0 Å². The van der Waals surface area contributed by atoms with Gasteiger partial charge in [0, 0.05) is 12.8 Å². The number of aliphatic carboxylic acids is 1. The third-order valence-electron chi connectivity index (χ3n) is 15.5. The van der Waals surface area contributed by atoms with E-state index in [2.05, 4.69) is 74.6 Å². The lowest BCUT2D eigenvalue weighted by molar-refractivity contribution is -0.870. The Morgan fingerprint density at radius 1 is 0.378 bits per heavy atom. The average Bonchev–Trinajstić information content (AvgIpc) is 3.45. The Hall–Kier alpha value is -3.01. The van der Waals surface area contributed by atoms with Crippen molar-refractivity contribution >= 4 is 17.9 Å². The van der Waals surface area contributed by atoms with Crippen LogP contribution in [0.15, 0.2) is 60.8 Å². The molecule has 0 aliphatic carbocycles. The molecule has 82 heavy (non-hydrogen) atoms. The first-order valence-corrected chi connectivity index (χ1v) is 35.0. The molecule has 478 valence electrons. The Bertz CT molecular complexity index is 1530. The van der Waals surface area contributed by atoms with E-state index in [1.165, 1.54) is 218 Å². The van der Waals surface area contributed by atoms with Gasteiger partial charge in [-0.2, -0.15) is 0 Å². The Kier molecular flexibility index (Phi) is 61.6. The van der Waals surface area contributed by atoms with Crippen molar-refractivity contribution in [3.8, 4) is 0 Å². The Morgan fingerprint density at radius 2 is 0.695 bits per heavy atom. The normalized spacial score (nSPS) is 13.0. The second kappa shape index (κ2) is 64.0. The van der Waals surface area contributed by atoms with Crippen LogP contribution >= 0.6 is 0 Å². The number of quaternary nitrogens is 1. The van der Waals surface area contributed by atoms with Gasteiger partial charge in [0.1, 0.15) is 13.2 Å². The molecule has 0 aromatic carbocycles. The SMILES string of the molecule is CC/C=C\C/C=C\C/C=C\C/C=C\C/C=C\CCCCCCCCCCCC(=O)OC(COC(=O)CCCCCCCCCCCCCCCCCCCCCCCCCCCCCCCCCC)COC(OCC[N+](C)(C)C)C(=O)O. The third kappa shape index (κ3) is 64.5. The number of carboxylic acid groups (broad SMARTS) is 1. The summed E-state index contributed by atoms with van der Waals surface area (Å²) in [5.41, 5.74) is 0. The summed E-state index contributed by atoms with van der Waals surface area (Å²) < 4.78 is 23.0. The maximum Gasteiger partial charge on any atom is 0.361 e. The van der Waals surface area contributed by atoms with Gasteiger partial charge in [0.15, 0.2) is 6.10 Å². The van der Waals surface area contributed by atoms with Gasteiger partial charge in [-0.1, -0.05) is 319 Å². The van der Waals surface area contributed by atoms with Gasteiger partial charge in [-0.25, -0.2) is 4.79 Å². The number of carboxylic acids is 1. The first-order valence-electron chi connectivity index (χ1n) is 35.0. The van der Waals surface area contributed by atoms with Gasteiger partial charge in [0.2, 0.25) is 0 Å². The summed E-state index contributed by atoms with van der Waals surface area (Å²) in [7, 11) is 5.98. The minimum Gasteiger partial charge on any atom is -0.477 e. The Balaban J connectivity index is 4.08. The van der Waals surface area contributed by atoms with Crippen LogP contribution in [0, 0.1) is 0 Å². The second-order valence-electron chi connectivity index (χ2n) is 24.8. The molecule has 0 heterocycles. The van der Waals surface area contributed by atoms with Crippen molar-refractivity contribution in [3.05, 3.63) is 60.8 Å². The lowest BCUT2D eigenvalue weighted by atomic mass is 10.0. The van der Waals surface area contributed by atoms with Crippen molar-refractivity contribution in [3.63, 3.8) is 0 Å². The smallest absolute Gasteiger partial charge is 0.361 e. The highest BCUT2D eigenvalue weighted by molar-refractivity contribution is 5.71. The highest BCUT2D eigenvalue weighted by Crippen LogP contribution is 2.19. The van der Waals surface area contributed by atoms with E-state index >= 15 is 0 Å². The zero-order valence-electron chi connectivity index (χ0n) is 54.7. The van der Waals surface area contributed by atoms with Gasteiger partial charge < -0.3 is 28.5 Å². The number of hydrogen-bond acceptors (Lipinski definition) is 7. The van der Waals surface area contributed by atoms with Crippen molar-refractivity contribution in [2.45, 2.75) is 341 Å². The molecule has 0 spiro atoms. The molecule has 0 aliphatic rings. The largest absolute Gasteiger partial charge is 0.477 e. The zero-order chi connectivity index (χ0) is 59.8. The molecule has 0 rings (SSSR count). The molecule has 0 saturated carbocycles. The van der Waals surface area contributed by atoms with Crippen LogP contribution < -0.4 is 0 Å².